The lowest BCUT2D eigenvalue weighted by atomic mass is 10.0. The van der Waals surface area contributed by atoms with Gasteiger partial charge in [-0.15, -0.1) is 0 Å². The van der Waals surface area contributed by atoms with Gasteiger partial charge < -0.3 is 0 Å². The van der Waals surface area contributed by atoms with Crippen molar-refractivity contribution in [2.75, 3.05) is 0 Å². The van der Waals surface area contributed by atoms with E-state index in [0.717, 1.165) is 8.04 Å². The van der Waals surface area contributed by atoms with Crippen molar-refractivity contribution in [3.05, 3.63) is 63.1 Å². The fourth-order valence-electron chi connectivity index (χ4n) is 1.65. The van der Waals surface area contributed by atoms with E-state index in [2.05, 4.69) is 54.5 Å². The minimum absolute atomic E-state index is 0.121. The molecule has 0 heterocycles. The van der Waals surface area contributed by atoms with Gasteiger partial charge in [-0.25, -0.2) is 0 Å². The van der Waals surface area contributed by atoms with Crippen molar-refractivity contribution < 1.29 is 9.59 Å². The van der Waals surface area contributed by atoms with Crippen molar-refractivity contribution in [2.45, 2.75) is 0 Å². The molecule has 0 fully saturated rings. The van der Waals surface area contributed by atoms with Gasteiger partial charge in [0.1, 0.15) is 0 Å². The molecular weight excluding hydrogens is 614 g/mol. The lowest BCUT2D eigenvalue weighted by Crippen LogP contribution is -2.09. The van der Waals surface area contributed by atoms with Crippen molar-refractivity contribution in [1.29, 1.82) is 0 Å². The van der Waals surface area contributed by atoms with E-state index < -0.39 is 0 Å². The van der Waals surface area contributed by atoms with E-state index in [1.165, 1.54) is 0 Å². The summed E-state index contributed by atoms with van der Waals surface area (Å²) in [6, 6.07) is 8.83. The standard InChI is InChI=1S/C14H5Br2I2O2/c15-9-3-1-2-8(12(9)16)14(20)11-10(17)5-4-7(6-19)13(11)18/h1-5H. The maximum atomic E-state index is 12.7. The third-order valence-electron chi connectivity index (χ3n) is 2.62. The molecule has 2 rings (SSSR count). The average molecular weight is 619 g/mol. The number of halogens is 4. The molecule has 2 aromatic carbocycles. The third kappa shape index (κ3) is 3.17. The molecule has 2 nitrogen and oxygen atoms in total. The molecule has 0 aliphatic carbocycles. The summed E-state index contributed by atoms with van der Waals surface area (Å²) in [5, 5.41) is 0. The maximum Gasteiger partial charge on any atom is 0.234 e. The lowest BCUT2D eigenvalue weighted by Gasteiger charge is -2.10. The van der Waals surface area contributed by atoms with Crippen molar-refractivity contribution in [2.24, 2.45) is 0 Å². The average Bonchev–Trinajstić information content (AvgIpc) is 2.42. The van der Waals surface area contributed by atoms with Crippen LogP contribution in [0.4, 0.5) is 0 Å². The number of ketones is 1. The first-order valence-electron chi connectivity index (χ1n) is 5.32. The van der Waals surface area contributed by atoms with Crippen LogP contribution in [0, 0.1) is 7.14 Å². The van der Waals surface area contributed by atoms with Crippen LogP contribution in [-0.4, -0.2) is 12.1 Å². The highest BCUT2D eigenvalue weighted by Crippen LogP contribution is 2.31. The van der Waals surface area contributed by atoms with Crippen LogP contribution < -0.4 is 0 Å². The Morgan fingerprint density at radius 1 is 1.10 bits per heavy atom. The number of hydrogen-bond acceptors (Lipinski definition) is 2. The highest BCUT2D eigenvalue weighted by atomic mass is 127. The first-order valence-corrected chi connectivity index (χ1v) is 9.06. The molecule has 0 bridgehead atoms. The van der Waals surface area contributed by atoms with Crippen LogP contribution in [-0.2, 0) is 4.79 Å². The van der Waals surface area contributed by atoms with Gasteiger partial charge in [-0.2, -0.15) is 0 Å². The number of hydrogen-bond donors (Lipinski definition) is 0. The van der Waals surface area contributed by atoms with Gasteiger partial charge in [0.2, 0.25) is 6.29 Å². The zero-order valence-electron chi connectivity index (χ0n) is 9.72. The van der Waals surface area contributed by atoms with Crippen molar-refractivity contribution >= 4 is 89.1 Å². The fraction of sp³-hybridized carbons (Fsp3) is 0. The quantitative estimate of drug-likeness (QED) is 0.354. The summed E-state index contributed by atoms with van der Waals surface area (Å²) in [7, 11) is 0. The summed E-state index contributed by atoms with van der Waals surface area (Å²) < 4.78 is 2.95. The Kier molecular flexibility index (Phi) is 5.78. The van der Waals surface area contributed by atoms with Gasteiger partial charge in [-0.05, 0) is 101 Å². The summed E-state index contributed by atoms with van der Waals surface area (Å²) in [4.78, 5) is 23.6. The first-order chi connectivity index (χ1) is 9.47. The number of benzene rings is 2. The van der Waals surface area contributed by atoms with Crippen LogP contribution in [0.3, 0.4) is 0 Å². The van der Waals surface area contributed by atoms with Gasteiger partial charge in [0.05, 0.1) is 0 Å². The van der Waals surface area contributed by atoms with E-state index in [1.54, 1.807) is 24.3 Å². The molecule has 0 atom stereocenters. The van der Waals surface area contributed by atoms with Crippen molar-refractivity contribution in [1.82, 2.24) is 0 Å². The summed E-state index contributed by atoms with van der Waals surface area (Å²) >= 11 is 10.9. The fourth-order valence-corrected chi connectivity index (χ4v) is 4.50. The van der Waals surface area contributed by atoms with Crippen LogP contribution in [0.25, 0.3) is 0 Å². The van der Waals surface area contributed by atoms with Crippen LogP contribution in [0.2, 0.25) is 0 Å². The van der Waals surface area contributed by atoms with E-state index in [0.29, 0.717) is 24.7 Å². The summed E-state index contributed by atoms with van der Waals surface area (Å²) in [5.74, 6) is -0.121. The van der Waals surface area contributed by atoms with Crippen LogP contribution in [0.5, 0.6) is 0 Å². The van der Waals surface area contributed by atoms with Crippen molar-refractivity contribution in [3.63, 3.8) is 0 Å². The second-order valence-corrected chi connectivity index (χ2v) is 7.70. The predicted molar refractivity (Wildman–Crippen MR) is 102 cm³/mol. The molecule has 0 aromatic heterocycles. The number of carbonyl (C=O) groups is 1. The molecule has 0 aliphatic rings. The summed E-state index contributed by atoms with van der Waals surface area (Å²) in [5.41, 5.74) is 1.49. The molecular formula is C14H5Br2I2O2. The zero-order valence-corrected chi connectivity index (χ0v) is 17.2. The van der Waals surface area contributed by atoms with E-state index in [-0.39, 0.29) is 5.78 Å². The Bertz CT molecular complexity index is 715. The van der Waals surface area contributed by atoms with Crippen LogP contribution >= 0.6 is 77.0 Å². The third-order valence-corrected chi connectivity index (χ3v) is 6.69. The van der Waals surface area contributed by atoms with Gasteiger partial charge in [0.15, 0.2) is 5.78 Å². The second kappa shape index (κ2) is 6.97. The highest BCUT2D eigenvalue weighted by Gasteiger charge is 2.21. The van der Waals surface area contributed by atoms with E-state index in [1.807, 2.05) is 34.9 Å². The van der Waals surface area contributed by atoms with E-state index >= 15 is 0 Å². The smallest absolute Gasteiger partial charge is 0.234 e. The normalized spacial score (nSPS) is 10.4. The first kappa shape index (κ1) is 16.6. The van der Waals surface area contributed by atoms with Gasteiger partial charge in [-0.3, -0.25) is 9.59 Å². The largest absolute Gasteiger partial charge is 0.288 e. The molecule has 0 aliphatic heterocycles. The Morgan fingerprint density at radius 2 is 1.80 bits per heavy atom. The molecule has 1 radical (unpaired) electrons. The molecule has 0 saturated carbocycles. The molecule has 6 heteroatoms. The minimum Gasteiger partial charge on any atom is -0.288 e. The molecule has 2 aromatic rings. The van der Waals surface area contributed by atoms with Gasteiger partial charge in [-0.1, -0.05) is 6.07 Å². The molecule has 0 spiro atoms. The molecule has 0 amide bonds. The Balaban J connectivity index is 2.65. The summed E-state index contributed by atoms with van der Waals surface area (Å²) in [6.07, 6.45) is 1.86. The van der Waals surface area contributed by atoms with Gasteiger partial charge in [0, 0.05) is 32.8 Å². The topological polar surface area (TPSA) is 34.1 Å². The van der Waals surface area contributed by atoms with E-state index in [4.69, 9.17) is 0 Å². The number of rotatable bonds is 3. The molecule has 0 unspecified atom stereocenters. The molecule has 20 heavy (non-hydrogen) atoms. The van der Waals surface area contributed by atoms with Crippen LogP contribution in [0.1, 0.15) is 21.5 Å². The Hall–Kier alpha value is 0.200. The monoisotopic (exact) mass is 617 g/mol. The maximum absolute atomic E-state index is 12.7. The Labute approximate surface area is 160 Å². The summed E-state index contributed by atoms with van der Waals surface area (Å²) in [6.45, 7) is 0. The SMILES string of the molecule is O=[C]c1ccc(I)c(C(=O)c2cccc(Br)c2Br)c1I. The van der Waals surface area contributed by atoms with Crippen molar-refractivity contribution in [3.8, 4) is 0 Å². The zero-order chi connectivity index (χ0) is 14.9. The van der Waals surface area contributed by atoms with Crippen LogP contribution in [0.15, 0.2) is 39.3 Å². The highest BCUT2D eigenvalue weighted by molar-refractivity contribution is 14.1. The predicted octanol–water partition coefficient (Wildman–Crippen LogP) is 5.11. The number of carbonyl (C=O) groups excluding carboxylic acids is 2. The molecule has 0 saturated heterocycles. The Morgan fingerprint density at radius 3 is 2.45 bits per heavy atom. The van der Waals surface area contributed by atoms with Gasteiger partial charge >= 0.3 is 0 Å². The van der Waals surface area contributed by atoms with E-state index in [9.17, 15) is 9.59 Å². The second-order valence-electron chi connectivity index (χ2n) is 3.82. The minimum atomic E-state index is -0.121. The lowest BCUT2D eigenvalue weighted by molar-refractivity contribution is 0.103. The van der Waals surface area contributed by atoms with Gasteiger partial charge in [0.25, 0.3) is 0 Å². The molecule has 101 valence electrons. The molecule has 0 N–H and O–H groups in total.